The molecule has 5 N–H and O–H groups in total. The van der Waals surface area contributed by atoms with Crippen LogP contribution in [0.2, 0.25) is 0 Å². The molecule has 2 heterocycles. The van der Waals surface area contributed by atoms with E-state index in [0.29, 0.717) is 37.2 Å². The molecule has 2 aliphatic heterocycles. The molecule has 226 valence electrons. The third-order valence-electron chi connectivity index (χ3n) is 7.98. The summed E-state index contributed by atoms with van der Waals surface area (Å²) in [5.41, 5.74) is 12.7. The van der Waals surface area contributed by atoms with E-state index in [1.807, 2.05) is 13.8 Å². The van der Waals surface area contributed by atoms with Gasteiger partial charge in [0.2, 0.25) is 15.9 Å². The lowest BCUT2D eigenvalue weighted by Gasteiger charge is -2.34. The number of aryl methyl sites for hydroxylation is 2. The number of aliphatic imine (C=N–C) groups is 1. The van der Waals surface area contributed by atoms with Gasteiger partial charge in [-0.1, -0.05) is 32.1 Å². The highest BCUT2D eigenvalue weighted by molar-refractivity contribution is 7.92. The summed E-state index contributed by atoms with van der Waals surface area (Å²) in [5, 5.41) is 4.14. The van der Waals surface area contributed by atoms with Crippen molar-refractivity contribution in [2.24, 2.45) is 16.5 Å². The molecular weight excluding hydrogens is 544 g/mol. The molecule has 1 spiro atoms. The first-order valence-corrected chi connectivity index (χ1v) is 15.9. The van der Waals surface area contributed by atoms with Crippen LogP contribution in [0.1, 0.15) is 87.3 Å². The predicted molar refractivity (Wildman–Crippen MR) is 162 cm³/mol. The highest BCUT2D eigenvalue weighted by Crippen LogP contribution is 2.32. The Morgan fingerprint density at radius 3 is 2.15 bits per heavy atom. The quantitative estimate of drug-likeness (QED) is 0.282. The number of piperidine rings is 1. The SMILES string of the molecule is Cc1cc(N(C)C(N)=O)cc(C)c1C=CS(=O)(=O)N1CCC2(CC1)N=C(CCCCCCCCCC(N)=O)NC2=O. The summed E-state index contributed by atoms with van der Waals surface area (Å²) in [5.74, 6) is 0.317. The minimum atomic E-state index is -3.70. The molecule has 0 saturated carbocycles. The van der Waals surface area contributed by atoms with Gasteiger partial charge in [-0.25, -0.2) is 13.2 Å². The number of benzene rings is 1. The van der Waals surface area contributed by atoms with Gasteiger partial charge in [-0.05, 0) is 74.4 Å². The van der Waals surface area contributed by atoms with E-state index >= 15 is 0 Å². The fourth-order valence-electron chi connectivity index (χ4n) is 5.40. The second-order valence-corrected chi connectivity index (χ2v) is 12.9. The molecule has 0 radical (unpaired) electrons. The van der Waals surface area contributed by atoms with Crippen LogP contribution >= 0.6 is 0 Å². The molecule has 41 heavy (non-hydrogen) atoms. The Kier molecular flexibility index (Phi) is 11.1. The number of rotatable bonds is 14. The van der Waals surface area contributed by atoms with Crippen LogP contribution in [0.3, 0.4) is 0 Å². The highest BCUT2D eigenvalue weighted by atomic mass is 32.2. The van der Waals surface area contributed by atoms with Gasteiger partial charge >= 0.3 is 6.03 Å². The van der Waals surface area contributed by atoms with Gasteiger partial charge in [0.25, 0.3) is 5.91 Å². The number of nitrogens with zero attached hydrogens (tertiary/aromatic N) is 3. The van der Waals surface area contributed by atoms with Crippen LogP contribution in [0.25, 0.3) is 6.08 Å². The summed E-state index contributed by atoms with van der Waals surface area (Å²) >= 11 is 0. The van der Waals surface area contributed by atoms with Crippen LogP contribution in [0.4, 0.5) is 10.5 Å². The molecule has 11 nitrogen and oxygen atoms in total. The summed E-state index contributed by atoms with van der Waals surface area (Å²) < 4.78 is 27.6. The molecule has 1 saturated heterocycles. The van der Waals surface area contributed by atoms with E-state index in [1.165, 1.54) is 14.6 Å². The minimum Gasteiger partial charge on any atom is -0.370 e. The molecule has 1 fully saturated rings. The number of carbonyl (C=O) groups excluding carboxylic acids is 3. The van der Waals surface area contributed by atoms with Crippen molar-refractivity contribution in [3.8, 4) is 0 Å². The molecule has 1 aromatic carbocycles. The van der Waals surface area contributed by atoms with Crippen molar-refractivity contribution in [2.75, 3.05) is 25.0 Å². The van der Waals surface area contributed by atoms with Crippen molar-refractivity contribution in [3.63, 3.8) is 0 Å². The molecule has 0 atom stereocenters. The Bertz CT molecular complexity index is 1280. The number of unbranched alkanes of at least 4 members (excludes halogenated alkanes) is 6. The molecule has 0 aliphatic carbocycles. The summed E-state index contributed by atoms with van der Waals surface area (Å²) in [7, 11) is -2.12. The number of anilines is 1. The highest BCUT2D eigenvalue weighted by Gasteiger charge is 2.46. The Balaban J connectivity index is 1.50. The molecule has 0 unspecified atom stereocenters. The largest absolute Gasteiger partial charge is 0.370 e. The van der Waals surface area contributed by atoms with Crippen LogP contribution in [0, 0.1) is 13.8 Å². The van der Waals surface area contributed by atoms with Crippen LogP contribution in [0.5, 0.6) is 0 Å². The van der Waals surface area contributed by atoms with Crippen molar-refractivity contribution >= 4 is 45.5 Å². The van der Waals surface area contributed by atoms with Crippen molar-refractivity contribution < 1.29 is 22.8 Å². The maximum atomic E-state index is 13.1. The predicted octanol–water partition coefficient (Wildman–Crippen LogP) is 3.48. The Hall–Kier alpha value is -3.25. The van der Waals surface area contributed by atoms with Gasteiger partial charge in [0.05, 0.1) is 0 Å². The van der Waals surface area contributed by atoms with Gasteiger partial charge in [0, 0.05) is 44.1 Å². The first kappa shape index (κ1) is 32.3. The number of hydrogen-bond donors (Lipinski definition) is 3. The lowest BCUT2D eigenvalue weighted by atomic mass is 9.89. The molecule has 0 bridgehead atoms. The fraction of sp³-hybridized carbons (Fsp3) is 0.586. The number of nitrogens with two attached hydrogens (primary N) is 2. The summed E-state index contributed by atoms with van der Waals surface area (Å²) in [6.07, 6.45) is 10.5. The number of primary amides is 2. The lowest BCUT2D eigenvalue weighted by molar-refractivity contribution is -0.125. The number of hydrogen-bond acceptors (Lipinski definition) is 6. The molecule has 12 heteroatoms. The van der Waals surface area contributed by atoms with Gasteiger partial charge in [0.15, 0.2) is 0 Å². The van der Waals surface area contributed by atoms with Crippen LogP contribution in [-0.4, -0.2) is 62.1 Å². The van der Waals surface area contributed by atoms with Gasteiger partial charge in [0.1, 0.15) is 11.4 Å². The summed E-state index contributed by atoms with van der Waals surface area (Å²) in [6, 6.07) is 3.00. The molecule has 3 rings (SSSR count). The van der Waals surface area contributed by atoms with Crippen molar-refractivity contribution in [1.29, 1.82) is 0 Å². The zero-order chi connectivity index (χ0) is 30.2. The first-order chi connectivity index (χ1) is 19.3. The normalized spacial score (nSPS) is 17.1. The Morgan fingerprint density at radius 1 is 1.02 bits per heavy atom. The third kappa shape index (κ3) is 8.62. The molecule has 0 aromatic heterocycles. The molecular formula is C29H44N6O5S. The van der Waals surface area contributed by atoms with E-state index in [-0.39, 0.29) is 24.9 Å². The standard InChI is InChI=1S/C29H44N6O5S/c1-21-19-23(34(3)28(31)38)20-22(2)24(21)13-18-41(39,40)35-16-14-29(15-17-35)27(37)32-26(33-29)12-10-8-6-4-5-7-9-11-25(30)36/h13,18-20H,4-12,14-17H2,1-3H3,(H2,30,36)(H2,31,38)(H,32,33,37). The topological polar surface area (TPSA) is 168 Å². The van der Waals surface area contributed by atoms with E-state index in [0.717, 1.165) is 61.6 Å². The van der Waals surface area contributed by atoms with Gasteiger partial charge < -0.3 is 16.8 Å². The summed E-state index contributed by atoms with van der Waals surface area (Å²) in [4.78, 5) is 41.2. The van der Waals surface area contributed by atoms with Crippen LogP contribution < -0.4 is 21.7 Å². The monoisotopic (exact) mass is 588 g/mol. The first-order valence-electron chi connectivity index (χ1n) is 14.4. The maximum absolute atomic E-state index is 13.1. The van der Waals surface area contributed by atoms with Crippen LogP contribution in [0.15, 0.2) is 22.5 Å². The number of sulfonamides is 1. The Morgan fingerprint density at radius 2 is 1.59 bits per heavy atom. The fourth-order valence-corrected chi connectivity index (χ4v) is 6.58. The van der Waals surface area contributed by atoms with Gasteiger partial charge in [-0.2, -0.15) is 4.31 Å². The zero-order valence-corrected chi connectivity index (χ0v) is 25.3. The van der Waals surface area contributed by atoms with Gasteiger partial charge in [-0.15, -0.1) is 0 Å². The van der Waals surface area contributed by atoms with E-state index in [9.17, 15) is 22.8 Å². The second-order valence-electron chi connectivity index (χ2n) is 11.1. The average Bonchev–Trinajstić information content (AvgIpc) is 3.20. The number of amidine groups is 1. The minimum absolute atomic E-state index is 0.137. The maximum Gasteiger partial charge on any atom is 0.318 e. The number of nitrogens with one attached hydrogen (secondary N) is 1. The van der Waals surface area contributed by atoms with E-state index in [1.54, 1.807) is 25.3 Å². The lowest BCUT2D eigenvalue weighted by Crippen LogP contribution is -2.50. The molecule has 4 amide bonds. The second kappa shape index (κ2) is 14.1. The zero-order valence-electron chi connectivity index (χ0n) is 24.4. The number of urea groups is 1. The summed E-state index contributed by atoms with van der Waals surface area (Å²) in [6.45, 7) is 4.14. The van der Waals surface area contributed by atoms with E-state index < -0.39 is 21.6 Å². The Labute approximate surface area is 243 Å². The third-order valence-corrected chi connectivity index (χ3v) is 9.54. The number of amides is 4. The van der Waals surface area contributed by atoms with E-state index in [2.05, 4.69) is 5.32 Å². The van der Waals surface area contributed by atoms with Crippen molar-refractivity contribution in [2.45, 2.75) is 90.0 Å². The van der Waals surface area contributed by atoms with Crippen molar-refractivity contribution in [3.05, 3.63) is 34.2 Å². The molecule has 2 aliphatic rings. The number of carbonyl (C=O) groups is 3. The molecule has 1 aromatic rings. The van der Waals surface area contributed by atoms with Crippen LogP contribution in [-0.2, 0) is 19.6 Å². The van der Waals surface area contributed by atoms with E-state index in [4.69, 9.17) is 16.5 Å². The van der Waals surface area contributed by atoms with Gasteiger partial charge in [-0.3, -0.25) is 19.5 Å². The average molecular weight is 589 g/mol. The van der Waals surface area contributed by atoms with Crippen molar-refractivity contribution in [1.82, 2.24) is 9.62 Å². The smallest absolute Gasteiger partial charge is 0.318 e.